The van der Waals surface area contributed by atoms with Crippen molar-refractivity contribution in [2.75, 3.05) is 31.5 Å². The smallest absolute Gasteiger partial charge is 0.272 e. The van der Waals surface area contributed by atoms with Gasteiger partial charge in [0.05, 0.1) is 11.5 Å². The molecule has 1 fully saturated rings. The van der Waals surface area contributed by atoms with E-state index in [-0.39, 0.29) is 16.5 Å². The summed E-state index contributed by atoms with van der Waals surface area (Å²) in [6.07, 6.45) is 2.86. The number of nitro benzene ring substituents is 1. The standard InChI is InChI=1S/C17H26N4O3/c1-3-8-18-17(22)12-20-9-6-14(7-10-20)19-15-4-5-16(21(23)24)13(2)11-15/h4-5,11,14,19H,3,6-10,12H2,1-2H3,(H,18,22). The second-order valence-corrected chi connectivity index (χ2v) is 6.30. The second kappa shape index (κ2) is 8.63. The Morgan fingerprint density at radius 1 is 1.38 bits per heavy atom. The van der Waals surface area contributed by atoms with Gasteiger partial charge in [0.1, 0.15) is 0 Å². The Morgan fingerprint density at radius 2 is 2.08 bits per heavy atom. The van der Waals surface area contributed by atoms with Gasteiger partial charge >= 0.3 is 0 Å². The van der Waals surface area contributed by atoms with Gasteiger partial charge in [0.2, 0.25) is 5.91 Å². The van der Waals surface area contributed by atoms with E-state index < -0.39 is 0 Å². The van der Waals surface area contributed by atoms with Crippen molar-refractivity contribution in [2.45, 2.75) is 39.2 Å². The second-order valence-electron chi connectivity index (χ2n) is 6.30. The van der Waals surface area contributed by atoms with Crippen LogP contribution in [-0.4, -0.2) is 48.0 Å². The Hall–Kier alpha value is -2.15. The number of benzene rings is 1. The summed E-state index contributed by atoms with van der Waals surface area (Å²) in [6.45, 7) is 6.74. The molecular formula is C17H26N4O3. The normalized spacial score (nSPS) is 15.9. The van der Waals surface area contributed by atoms with E-state index in [1.165, 1.54) is 0 Å². The van der Waals surface area contributed by atoms with E-state index in [9.17, 15) is 14.9 Å². The number of carbonyl (C=O) groups excluding carboxylic acids is 1. The van der Waals surface area contributed by atoms with Crippen molar-refractivity contribution < 1.29 is 9.72 Å². The molecule has 1 aliphatic heterocycles. The van der Waals surface area contributed by atoms with Crippen LogP contribution in [0.5, 0.6) is 0 Å². The molecule has 1 heterocycles. The molecule has 0 aromatic heterocycles. The molecule has 132 valence electrons. The molecule has 1 amide bonds. The van der Waals surface area contributed by atoms with Gasteiger partial charge in [-0.15, -0.1) is 0 Å². The average molecular weight is 334 g/mol. The molecule has 1 aliphatic rings. The number of amides is 1. The molecule has 2 N–H and O–H groups in total. The maximum Gasteiger partial charge on any atom is 0.272 e. The van der Waals surface area contributed by atoms with E-state index >= 15 is 0 Å². The van der Waals surface area contributed by atoms with Crippen molar-refractivity contribution >= 4 is 17.3 Å². The highest BCUT2D eigenvalue weighted by Crippen LogP contribution is 2.23. The summed E-state index contributed by atoms with van der Waals surface area (Å²) in [5.74, 6) is 0.0919. The molecule has 0 saturated carbocycles. The molecule has 7 heteroatoms. The van der Waals surface area contributed by atoms with Gasteiger partial charge in [-0.05, 0) is 38.3 Å². The molecule has 0 aliphatic carbocycles. The van der Waals surface area contributed by atoms with E-state index in [0.29, 0.717) is 18.2 Å². The Morgan fingerprint density at radius 3 is 2.67 bits per heavy atom. The van der Waals surface area contributed by atoms with Crippen molar-refractivity contribution in [1.29, 1.82) is 0 Å². The number of rotatable bonds is 7. The molecule has 1 aromatic rings. The van der Waals surface area contributed by atoms with Crippen LogP contribution >= 0.6 is 0 Å². The molecular weight excluding hydrogens is 308 g/mol. The minimum atomic E-state index is -0.360. The Bertz CT molecular complexity index is 583. The number of anilines is 1. The van der Waals surface area contributed by atoms with Gasteiger partial charge in [0.15, 0.2) is 0 Å². The number of nitrogens with zero attached hydrogens (tertiary/aromatic N) is 2. The highest BCUT2D eigenvalue weighted by atomic mass is 16.6. The Balaban J connectivity index is 1.80. The fourth-order valence-corrected chi connectivity index (χ4v) is 2.94. The van der Waals surface area contributed by atoms with Crippen molar-refractivity contribution in [2.24, 2.45) is 0 Å². The van der Waals surface area contributed by atoms with Gasteiger partial charge in [0.25, 0.3) is 5.69 Å². The molecule has 0 bridgehead atoms. The fourth-order valence-electron chi connectivity index (χ4n) is 2.94. The molecule has 7 nitrogen and oxygen atoms in total. The summed E-state index contributed by atoms with van der Waals surface area (Å²) in [6, 6.07) is 5.46. The van der Waals surface area contributed by atoms with Gasteiger partial charge in [-0.3, -0.25) is 19.8 Å². The van der Waals surface area contributed by atoms with Crippen LogP contribution in [0.1, 0.15) is 31.7 Å². The van der Waals surface area contributed by atoms with Crippen LogP contribution in [0.15, 0.2) is 18.2 Å². The number of carbonyl (C=O) groups is 1. The van der Waals surface area contributed by atoms with Crippen molar-refractivity contribution in [3.05, 3.63) is 33.9 Å². The van der Waals surface area contributed by atoms with Crippen LogP contribution in [0.3, 0.4) is 0 Å². The first kappa shape index (κ1) is 18.2. The number of nitrogens with one attached hydrogen (secondary N) is 2. The highest BCUT2D eigenvalue weighted by Gasteiger charge is 2.21. The lowest BCUT2D eigenvalue weighted by atomic mass is 10.0. The van der Waals surface area contributed by atoms with E-state index in [4.69, 9.17) is 0 Å². The van der Waals surface area contributed by atoms with E-state index in [0.717, 1.165) is 44.6 Å². The number of nitro groups is 1. The zero-order chi connectivity index (χ0) is 17.5. The third-order valence-electron chi connectivity index (χ3n) is 4.29. The van der Waals surface area contributed by atoms with Crippen LogP contribution in [0.25, 0.3) is 0 Å². The Labute approximate surface area is 142 Å². The van der Waals surface area contributed by atoms with Crippen LogP contribution in [0, 0.1) is 17.0 Å². The lowest BCUT2D eigenvalue weighted by molar-refractivity contribution is -0.385. The molecule has 24 heavy (non-hydrogen) atoms. The van der Waals surface area contributed by atoms with E-state index in [1.807, 2.05) is 13.0 Å². The van der Waals surface area contributed by atoms with Crippen LogP contribution < -0.4 is 10.6 Å². The first-order chi connectivity index (χ1) is 11.5. The highest BCUT2D eigenvalue weighted by molar-refractivity contribution is 5.77. The van der Waals surface area contributed by atoms with Crippen molar-refractivity contribution in [3.8, 4) is 0 Å². The molecule has 0 radical (unpaired) electrons. The fraction of sp³-hybridized carbons (Fsp3) is 0.588. The summed E-state index contributed by atoms with van der Waals surface area (Å²) < 4.78 is 0. The van der Waals surface area contributed by atoms with Gasteiger partial charge < -0.3 is 10.6 Å². The quantitative estimate of drug-likeness (QED) is 0.590. The Kier molecular flexibility index (Phi) is 6.54. The topological polar surface area (TPSA) is 87.5 Å². The first-order valence-corrected chi connectivity index (χ1v) is 8.50. The molecule has 0 spiro atoms. The molecule has 1 saturated heterocycles. The van der Waals surface area contributed by atoms with Crippen molar-refractivity contribution in [3.63, 3.8) is 0 Å². The number of hydrogen-bond acceptors (Lipinski definition) is 5. The van der Waals surface area contributed by atoms with Gasteiger partial charge in [-0.25, -0.2) is 0 Å². The first-order valence-electron chi connectivity index (χ1n) is 8.50. The lowest BCUT2D eigenvalue weighted by Gasteiger charge is -2.32. The van der Waals surface area contributed by atoms with E-state index in [2.05, 4.69) is 15.5 Å². The zero-order valence-electron chi connectivity index (χ0n) is 14.4. The minimum Gasteiger partial charge on any atom is -0.382 e. The van der Waals surface area contributed by atoms with E-state index in [1.54, 1.807) is 19.1 Å². The zero-order valence-corrected chi connectivity index (χ0v) is 14.4. The summed E-state index contributed by atoms with van der Waals surface area (Å²) in [4.78, 5) is 24.4. The molecule has 1 aromatic carbocycles. The van der Waals surface area contributed by atoms with Crippen LogP contribution in [-0.2, 0) is 4.79 Å². The lowest BCUT2D eigenvalue weighted by Crippen LogP contribution is -2.44. The van der Waals surface area contributed by atoms with Crippen molar-refractivity contribution in [1.82, 2.24) is 10.2 Å². The number of likely N-dealkylation sites (tertiary alicyclic amines) is 1. The van der Waals surface area contributed by atoms with Gasteiger partial charge in [-0.1, -0.05) is 6.92 Å². The predicted octanol–water partition coefficient (Wildman–Crippen LogP) is 2.31. The SMILES string of the molecule is CCCNC(=O)CN1CCC(Nc2ccc([N+](=O)[O-])c(C)c2)CC1. The molecule has 2 rings (SSSR count). The molecule has 0 unspecified atom stereocenters. The number of piperidine rings is 1. The third kappa shape index (κ3) is 5.19. The number of hydrogen-bond donors (Lipinski definition) is 2. The number of aryl methyl sites for hydroxylation is 1. The summed E-state index contributed by atoms with van der Waals surface area (Å²) in [5, 5.41) is 17.2. The van der Waals surface area contributed by atoms with Gasteiger partial charge in [-0.2, -0.15) is 0 Å². The predicted molar refractivity (Wildman–Crippen MR) is 94.2 cm³/mol. The van der Waals surface area contributed by atoms with Crippen LogP contribution in [0.4, 0.5) is 11.4 Å². The maximum atomic E-state index is 11.7. The summed E-state index contributed by atoms with van der Waals surface area (Å²) in [5.41, 5.74) is 1.72. The molecule has 0 atom stereocenters. The average Bonchev–Trinajstić information content (AvgIpc) is 2.54. The van der Waals surface area contributed by atoms with Gasteiger partial charge in [0, 0.05) is 43.0 Å². The monoisotopic (exact) mass is 334 g/mol. The summed E-state index contributed by atoms with van der Waals surface area (Å²) in [7, 11) is 0. The third-order valence-corrected chi connectivity index (χ3v) is 4.29. The largest absolute Gasteiger partial charge is 0.382 e. The summed E-state index contributed by atoms with van der Waals surface area (Å²) >= 11 is 0. The maximum absolute atomic E-state index is 11.7. The minimum absolute atomic E-state index is 0.0919. The van der Waals surface area contributed by atoms with Crippen LogP contribution in [0.2, 0.25) is 0 Å².